The second-order valence-electron chi connectivity index (χ2n) is 2.79. The summed E-state index contributed by atoms with van der Waals surface area (Å²) < 4.78 is 10.5. The van der Waals surface area contributed by atoms with Crippen molar-refractivity contribution in [2.45, 2.75) is 6.10 Å². The second-order valence-corrected chi connectivity index (χ2v) is 3.37. The molecule has 1 aliphatic heterocycles. The Labute approximate surface area is 74.9 Å². The molecule has 0 amide bonds. The fourth-order valence-corrected chi connectivity index (χ4v) is 1.07. The van der Waals surface area contributed by atoms with Crippen LogP contribution in [0.1, 0.15) is 0 Å². The number of hydrogen-bond donors (Lipinski definition) is 0. The first kappa shape index (κ1) is 7.83. The van der Waals surface area contributed by atoms with E-state index in [1.165, 1.54) is 0 Å². The molecule has 0 bridgehead atoms. The Bertz CT molecular complexity index is 254. The van der Waals surface area contributed by atoms with Gasteiger partial charge in [0.05, 0.1) is 16.8 Å². The van der Waals surface area contributed by atoms with Crippen molar-refractivity contribution in [1.29, 1.82) is 0 Å². The van der Waals surface area contributed by atoms with Crippen LogP contribution in [0.3, 0.4) is 0 Å². The molecule has 2 nitrogen and oxygen atoms in total. The van der Waals surface area contributed by atoms with Crippen molar-refractivity contribution in [3.8, 4) is 5.75 Å². The summed E-state index contributed by atoms with van der Waals surface area (Å²) in [6.45, 7) is 1.51. The van der Waals surface area contributed by atoms with Gasteiger partial charge in [0.1, 0.15) is 18.5 Å². The molecule has 1 atom stereocenters. The Balaban J connectivity index is 1.89. The van der Waals surface area contributed by atoms with Crippen molar-refractivity contribution in [3.63, 3.8) is 0 Å². The summed E-state index contributed by atoms with van der Waals surface area (Å²) in [5, 5.41) is 1.06. The molecule has 1 unspecified atom stereocenters. The van der Waals surface area contributed by atoms with Gasteiger partial charge in [-0.2, -0.15) is 0 Å². The van der Waals surface area contributed by atoms with Gasteiger partial charge < -0.3 is 9.47 Å². The zero-order chi connectivity index (χ0) is 8.39. The molecule has 0 spiro atoms. The largest absolute Gasteiger partial charge is 0.491 e. The highest BCUT2D eigenvalue weighted by Gasteiger charge is 2.22. The lowest BCUT2D eigenvalue weighted by Gasteiger charge is -2.03. The van der Waals surface area contributed by atoms with E-state index in [4.69, 9.17) is 9.47 Å². The van der Waals surface area contributed by atoms with Crippen molar-refractivity contribution in [2.75, 3.05) is 13.2 Å². The van der Waals surface area contributed by atoms with E-state index < -0.39 is 0 Å². The van der Waals surface area contributed by atoms with Crippen molar-refractivity contribution in [2.24, 2.45) is 0 Å². The van der Waals surface area contributed by atoms with Crippen LogP contribution in [0.2, 0.25) is 0 Å². The third-order valence-corrected chi connectivity index (χ3v) is 2.03. The molecule has 0 saturated carbocycles. The summed E-state index contributed by atoms with van der Waals surface area (Å²) in [5.41, 5.74) is 0. The van der Waals surface area contributed by atoms with E-state index >= 15 is 0 Å². The van der Waals surface area contributed by atoms with Gasteiger partial charge in [0.25, 0.3) is 0 Å². The molecule has 3 radical (unpaired) electrons. The Kier molecular flexibility index (Phi) is 2.14. The molecule has 1 aromatic rings. The average molecular weight is 177 g/mol. The van der Waals surface area contributed by atoms with Gasteiger partial charge in [-0.25, -0.2) is 0 Å². The summed E-state index contributed by atoms with van der Waals surface area (Å²) in [6, 6.07) is 7.79. The van der Waals surface area contributed by atoms with Crippen LogP contribution in [0.15, 0.2) is 24.3 Å². The highest BCUT2D eigenvalue weighted by molar-refractivity contribution is 6.32. The Morgan fingerprint density at radius 3 is 2.67 bits per heavy atom. The molecule has 1 saturated heterocycles. The first-order valence-electron chi connectivity index (χ1n) is 3.91. The summed E-state index contributed by atoms with van der Waals surface area (Å²) >= 11 is 0. The quantitative estimate of drug-likeness (QED) is 0.488. The van der Waals surface area contributed by atoms with Gasteiger partial charge in [0.2, 0.25) is 0 Å². The molecular formula is C9H9O2Si. The summed E-state index contributed by atoms with van der Waals surface area (Å²) in [5.74, 6) is 0.896. The van der Waals surface area contributed by atoms with Crippen LogP contribution >= 0.6 is 0 Å². The SMILES string of the molecule is [Si]c1ccc(OCC2CO2)cc1. The molecule has 1 aliphatic rings. The van der Waals surface area contributed by atoms with E-state index in [9.17, 15) is 0 Å². The molecule has 0 N–H and O–H groups in total. The molecule has 3 heteroatoms. The van der Waals surface area contributed by atoms with Crippen LogP contribution in [-0.2, 0) is 4.74 Å². The third-order valence-electron chi connectivity index (χ3n) is 1.69. The maximum Gasteiger partial charge on any atom is 0.119 e. The molecule has 12 heavy (non-hydrogen) atoms. The smallest absolute Gasteiger partial charge is 0.119 e. The minimum Gasteiger partial charge on any atom is -0.491 e. The maximum atomic E-state index is 5.44. The maximum absolute atomic E-state index is 5.44. The fraction of sp³-hybridized carbons (Fsp3) is 0.333. The summed E-state index contributed by atoms with van der Waals surface area (Å²) in [7, 11) is 3.41. The first-order chi connectivity index (χ1) is 5.84. The van der Waals surface area contributed by atoms with Gasteiger partial charge in [-0.05, 0) is 12.1 Å². The van der Waals surface area contributed by atoms with Crippen LogP contribution in [0.4, 0.5) is 0 Å². The van der Waals surface area contributed by atoms with E-state index in [2.05, 4.69) is 10.2 Å². The minimum atomic E-state index is 0.327. The number of hydrogen-bond acceptors (Lipinski definition) is 2. The van der Waals surface area contributed by atoms with E-state index in [0.717, 1.165) is 17.5 Å². The summed E-state index contributed by atoms with van der Waals surface area (Å²) in [6.07, 6.45) is 0.327. The molecule has 0 aromatic heterocycles. The molecule has 0 aliphatic carbocycles. The standard InChI is InChI=1S/C9H9O2Si/c12-9-3-1-7(2-4-9)10-5-8-6-11-8/h1-4,8H,5-6H2. The van der Waals surface area contributed by atoms with E-state index in [0.29, 0.717) is 12.7 Å². The normalized spacial score (nSPS) is 20.6. The molecule has 1 fully saturated rings. The van der Waals surface area contributed by atoms with Crippen LogP contribution in [0, 0.1) is 0 Å². The topological polar surface area (TPSA) is 21.8 Å². The predicted octanol–water partition coefficient (Wildman–Crippen LogP) is 0.258. The number of ether oxygens (including phenoxy) is 2. The summed E-state index contributed by atoms with van der Waals surface area (Å²) in [4.78, 5) is 0. The van der Waals surface area contributed by atoms with Crippen LogP contribution in [0.5, 0.6) is 5.75 Å². The van der Waals surface area contributed by atoms with Crippen LogP contribution < -0.4 is 9.92 Å². The second kappa shape index (κ2) is 3.29. The predicted molar refractivity (Wildman–Crippen MR) is 47.1 cm³/mol. The van der Waals surface area contributed by atoms with Gasteiger partial charge in [-0.15, -0.1) is 0 Å². The molecular weight excluding hydrogens is 168 g/mol. The average Bonchev–Trinajstić information content (AvgIpc) is 2.87. The molecule has 2 rings (SSSR count). The first-order valence-corrected chi connectivity index (χ1v) is 4.41. The third kappa shape index (κ3) is 2.09. The zero-order valence-electron chi connectivity index (χ0n) is 6.62. The van der Waals surface area contributed by atoms with Gasteiger partial charge in [-0.3, -0.25) is 0 Å². The van der Waals surface area contributed by atoms with E-state index in [-0.39, 0.29) is 0 Å². The number of rotatable bonds is 3. The Hall–Kier alpha value is -0.803. The van der Waals surface area contributed by atoms with Gasteiger partial charge in [0.15, 0.2) is 0 Å². The van der Waals surface area contributed by atoms with Gasteiger partial charge in [0, 0.05) is 0 Å². The van der Waals surface area contributed by atoms with Crippen LogP contribution in [0.25, 0.3) is 0 Å². The van der Waals surface area contributed by atoms with Crippen molar-refractivity contribution < 1.29 is 9.47 Å². The number of epoxide rings is 1. The van der Waals surface area contributed by atoms with Crippen molar-refractivity contribution in [3.05, 3.63) is 24.3 Å². The lowest BCUT2D eigenvalue weighted by molar-refractivity contribution is 0.263. The molecule has 1 aromatic carbocycles. The fourth-order valence-electron chi connectivity index (χ4n) is 0.905. The van der Waals surface area contributed by atoms with E-state index in [1.807, 2.05) is 24.3 Å². The van der Waals surface area contributed by atoms with E-state index in [1.54, 1.807) is 0 Å². The minimum absolute atomic E-state index is 0.327. The molecule has 61 valence electrons. The highest BCUT2D eigenvalue weighted by atomic mass is 28.1. The van der Waals surface area contributed by atoms with Gasteiger partial charge in [-0.1, -0.05) is 17.3 Å². The lowest BCUT2D eigenvalue weighted by atomic mass is 10.3. The van der Waals surface area contributed by atoms with Crippen molar-refractivity contribution >= 4 is 15.4 Å². The zero-order valence-corrected chi connectivity index (χ0v) is 7.62. The lowest BCUT2D eigenvalue weighted by Crippen LogP contribution is -2.05. The van der Waals surface area contributed by atoms with Gasteiger partial charge >= 0.3 is 0 Å². The molecule has 1 heterocycles. The van der Waals surface area contributed by atoms with Crippen LogP contribution in [-0.4, -0.2) is 29.6 Å². The Morgan fingerprint density at radius 1 is 1.42 bits per heavy atom. The Morgan fingerprint density at radius 2 is 2.08 bits per heavy atom. The highest BCUT2D eigenvalue weighted by Crippen LogP contribution is 2.13. The number of benzene rings is 1. The monoisotopic (exact) mass is 177 g/mol. The van der Waals surface area contributed by atoms with Crippen molar-refractivity contribution in [1.82, 2.24) is 0 Å².